The second kappa shape index (κ2) is 4.41. The predicted octanol–water partition coefficient (Wildman–Crippen LogP) is 3.07. The summed E-state index contributed by atoms with van der Waals surface area (Å²) in [6.45, 7) is 1.75. The molecule has 17 heavy (non-hydrogen) atoms. The van der Waals surface area contributed by atoms with E-state index >= 15 is 0 Å². The van der Waals surface area contributed by atoms with E-state index in [0.717, 1.165) is 0 Å². The van der Waals surface area contributed by atoms with Gasteiger partial charge < -0.3 is 5.11 Å². The van der Waals surface area contributed by atoms with Gasteiger partial charge in [0.2, 0.25) is 0 Å². The molecule has 88 valence electrons. The van der Waals surface area contributed by atoms with Gasteiger partial charge in [0.05, 0.1) is 16.4 Å². The minimum atomic E-state index is -0.924. The minimum Gasteiger partial charge on any atom is -0.481 e. The van der Waals surface area contributed by atoms with E-state index < -0.39 is 5.97 Å². The monoisotopic (exact) mass is 297 g/mol. The maximum atomic E-state index is 13.4. The highest BCUT2D eigenvalue weighted by molar-refractivity contribution is 9.10. The lowest BCUT2D eigenvalue weighted by molar-refractivity contribution is -0.136. The second-order valence-corrected chi connectivity index (χ2v) is 4.62. The number of hydrogen-bond acceptors (Lipinski definition) is 2. The number of fused-ring (bicyclic) bond motifs is 1. The fourth-order valence-corrected chi connectivity index (χ4v) is 1.98. The number of halogens is 2. The van der Waals surface area contributed by atoms with Gasteiger partial charge in [0.25, 0.3) is 0 Å². The standard InChI is InChI=1S/C12H9BrFNO2/c1-6-7(4-12(16)17)2-8-3-10(14)9(13)5-11(8)15-6/h2-3,5H,4H2,1H3,(H,16,17). The van der Waals surface area contributed by atoms with E-state index in [2.05, 4.69) is 20.9 Å². The number of benzene rings is 1. The van der Waals surface area contributed by atoms with Crippen LogP contribution in [0.15, 0.2) is 22.7 Å². The van der Waals surface area contributed by atoms with Gasteiger partial charge in [-0.1, -0.05) is 0 Å². The van der Waals surface area contributed by atoms with Gasteiger partial charge in [-0.3, -0.25) is 9.78 Å². The molecule has 0 aliphatic carbocycles. The maximum Gasteiger partial charge on any atom is 0.307 e. The van der Waals surface area contributed by atoms with Crippen molar-refractivity contribution >= 4 is 32.8 Å². The van der Waals surface area contributed by atoms with Crippen LogP contribution >= 0.6 is 15.9 Å². The van der Waals surface area contributed by atoms with Crippen LogP contribution in [0.5, 0.6) is 0 Å². The Bertz CT molecular complexity index is 613. The van der Waals surface area contributed by atoms with Crippen LogP contribution in [0.1, 0.15) is 11.3 Å². The predicted molar refractivity (Wildman–Crippen MR) is 65.5 cm³/mol. The number of aryl methyl sites for hydroxylation is 1. The van der Waals surface area contributed by atoms with Crippen molar-refractivity contribution in [3.8, 4) is 0 Å². The van der Waals surface area contributed by atoms with Gasteiger partial charge in [0.15, 0.2) is 0 Å². The Hall–Kier alpha value is -1.49. The molecule has 3 nitrogen and oxygen atoms in total. The van der Waals surface area contributed by atoms with Gasteiger partial charge in [-0.25, -0.2) is 4.39 Å². The third-order valence-corrected chi connectivity index (χ3v) is 3.10. The van der Waals surface area contributed by atoms with Crippen LogP contribution in [0.2, 0.25) is 0 Å². The lowest BCUT2D eigenvalue weighted by Gasteiger charge is -2.06. The molecule has 2 rings (SSSR count). The number of carboxylic acids is 1. The van der Waals surface area contributed by atoms with Gasteiger partial charge in [-0.05, 0) is 46.6 Å². The SMILES string of the molecule is Cc1nc2cc(Br)c(F)cc2cc1CC(=O)O. The smallest absolute Gasteiger partial charge is 0.307 e. The molecular formula is C12H9BrFNO2. The highest BCUT2D eigenvalue weighted by Crippen LogP contribution is 2.24. The highest BCUT2D eigenvalue weighted by Gasteiger charge is 2.09. The van der Waals surface area contributed by atoms with Gasteiger partial charge in [0.1, 0.15) is 5.82 Å². The Morgan fingerprint density at radius 1 is 1.47 bits per heavy atom. The molecule has 0 aliphatic rings. The Balaban J connectivity index is 2.63. The molecule has 1 aromatic carbocycles. The van der Waals surface area contributed by atoms with Gasteiger partial charge in [-0.15, -0.1) is 0 Å². The van der Waals surface area contributed by atoms with Crippen molar-refractivity contribution in [3.05, 3.63) is 39.7 Å². The zero-order chi connectivity index (χ0) is 12.6. The van der Waals surface area contributed by atoms with Gasteiger partial charge >= 0.3 is 5.97 Å². The molecular weight excluding hydrogens is 289 g/mol. The Morgan fingerprint density at radius 2 is 2.18 bits per heavy atom. The molecule has 0 amide bonds. The van der Waals surface area contributed by atoms with Crippen LogP contribution in [0, 0.1) is 12.7 Å². The van der Waals surface area contributed by atoms with Crippen LogP contribution in [0.25, 0.3) is 10.9 Å². The molecule has 1 heterocycles. The number of carboxylic acid groups (broad SMARTS) is 1. The van der Waals surface area contributed by atoms with E-state index in [4.69, 9.17) is 5.11 Å². The molecule has 0 saturated heterocycles. The number of nitrogens with zero attached hydrogens (tertiary/aromatic N) is 1. The van der Waals surface area contributed by atoms with E-state index in [9.17, 15) is 9.18 Å². The molecule has 0 atom stereocenters. The van der Waals surface area contributed by atoms with Crippen LogP contribution in [-0.2, 0) is 11.2 Å². The average Bonchev–Trinajstić information content (AvgIpc) is 2.22. The number of carbonyl (C=O) groups is 1. The van der Waals surface area contributed by atoms with Crippen LogP contribution in [0.4, 0.5) is 4.39 Å². The zero-order valence-electron chi connectivity index (χ0n) is 9.00. The summed E-state index contributed by atoms with van der Waals surface area (Å²) in [5.74, 6) is -1.31. The van der Waals surface area contributed by atoms with Crippen LogP contribution < -0.4 is 0 Å². The van der Waals surface area contributed by atoms with Crippen molar-refractivity contribution in [3.63, 3.8) is 0 Å². The van der Waals surface area contributed by atoms with Crippen LogP contribution in [-0.4, -0.2) is 16.1 Å². The highest BCUT2D eigenvalue weighted by atomic mass is 79.9. The molecule has 0 fully saturated rings. The Morgan fingerprint density at radius 3 is 2.82 bits per heavy atom. The molecule has 1 N–H and O–H groups in total. The van der Waals surface area contributed by atoms with E-state index in [1.54, 1.807) is 19.1 Å². The lowest BCUT2D eigenvalue weighted by atomic mass is 10.1. The van der Waals surface area contributed by atoms with Crippen molar-refractivity contribution in [2.75, 3.05) is 0 Å². The summed E-state index contributed by atoms with van der Waals surface area (Å²) >= 11 is 3.09. The summed E-state index contributed by atoms with van der Waals surface area (Å²) < 4.78 is 13.7. The summed E-state index contributed by atoms with van der Waals surface area (Å²) in [5.41, 5.74) is 1.90. The van der Waals surface area contributed by atoms with Crippen molar-refractivity contribution < 1.29 is 14.3 Å². The van der Waals surface area contributed by atoms with Gasteiger partial charge in [-0.2, -0.15) is 0 Å². The zero-order valence-corrected chi connectivity index (χ0v) is 10.6. The first-order valence-electron chi connectivity index (χ1n) is 4.94. The number of rotatable bonds is 2. The fourth-order valence-electron chi connectivity index (χ4n) is 1.65. The third-order valence-electron chi connectivity index (χ3n) is 2.49. The molecule has 0 bridgehead atoms. The van der Waals surface area contributed by atoms with E-state index in [1.165, 1.54) is 6.07 Å². The summed E-state index contributed by atoms with van der Waals surface area (Å²) in [4.78, 5) is 14.9. The molecule has 0 unspecified atom stereocenters. The van der Waals surface area contributed by atoms with Crippen molar-refractivity contribution in [2.45, 2.75) is 13.3 Å². The maximum absolute atomic E-state index is 13.4. The Labute approximate surface area is 105 Å². The van der Waals surface area contributed by atoms with E-state index in [-0.39, 0.29) is 12.2 Å². The normalized spacial score (nSPS) is 10.8. The summed E-state index contributed by atoms with van der Waals surface area (Å²) in [6, 6.07) is 4.60. The topological polar surface area (TPSA) is 50.2 Å². The van der Waals surface area contributed by atoms with Crippen LogP contribution in [0.3, 0.4) is 0 Å². The van der Waals surface area contributed by atoms with E-state index in [1.807, 2.05) is 0 Å². The van der Waals surface area contributed by atoms with Crippen molar-refractivity contribution in [2.24, 2.45) is 0 Å². The number of aromatic nitrogens is 1. The lowest BCUT2D eigenvalue weighted by Crippen LogP contribution is -2.03. The van der Waals surface area contributed by atoms with E-state index in [0.29, 0.717) is 26.6 Å². The number of pyridine rings is 1. The average molecular weight is 298 g/mol. The summed E-state index contributed by atoms with van der Waals surface area (Å²) in [5, 5.41) is 9.36. The first kappa shape index (κ1) is 12.0. The molecule has 2 aromatic rings. The molecule has 5 heteroatoms. The molecule has 0 aliphatic heterocycles. The fraction of sp³-hybridized carbons (Fsp3) is 0.167. The second-order valence-electron chi connectivity index (χ2n) is 3.76. The van der Waals surface area contributed by atoms with Crippen molar-refractivity contribution in [1.29, 1.82) is 0 Å². The van der Waals surface area contributed by atoms with Crippen molar-refractivity contribution in [1.82, 2.24) is 4.98 Å². The van der Waals surface area contributed by atoms with Gasteiger partial charge in [0, 0.05) is 11.1 Å². The summed E-state index contributed by atoms with van der Waals surface area (Å²) in [7, 11) is 0. The first-order valence-corrected chi connectivity index (χ1v) is 5.74. The number of aliphatic carboxylic acids is 1. The number of hydrogen-bond donors (Lipinski definition) is 1. The first-order chi connectivity index (χ1) is 7.97. The molecule has 1 aromatic heterocycles. The molecule has 0 radical (unpaired) electrons. The Kier molecular flexibility index (Phi) is 3.11. The minimum absolute atomic E-state index is 0.105. The quantitative estimate of drug-likeness (QED) is 0.927. The largest absolute Gasteiger partial charge is 0.481 e. The molecule has 0 spiro atoms. The molecule has 0 saturated carbocycles. The summed E-state index contributed by atoms with van der Waals surface area (Å²) in [6.07, 6.45) is -0.105. The third kappa shape index (κ3) is 2.44.